The van der Waals surface area contributed by atoms with E-state index in [0.717, 1.165) is 21.4 Å². The van der Waals surface area contributed by atoms with Crippen molar-refractivity contribution >= 4 is 45.3 Å². The van der Waals surface area contributed by atoms with Crippen molar-refractivity contribution in [1.29, 1.82) is 0 Å². The summed E-state index contributed by atoms with van der Waals surface area (Å²) in [5.74, 6) is -0.972. The van der Waals surface area contributed by atoms with Crippen LogP contribution >= 0.6 is 22.9 Å². The highest BCUT2D eigenvalue weighted by molar-refractivity contribution is 7.20. The predicted molar refractivity (Wildman–Crippen MR) is 59.2 cm³/mol. The molecule has 0 aliphatic heterocycles. The van der Waals surface area contributed by atoms with Gasteiger partial charge < -0.3 is 5.11 Å². The van der Waals surface area contributed by atoms with E-state index in [9.17, 15) is 9.59 Å². The third kappa shape index (κ3) is 1.73. The number of rotatable bonds is 2. The lowest BCUT2D eigenvalue weighted by molar-refractivity contribution is 0.0702. The second-order valence-corrected chi connectivity index (χ2v) is 4.44. The van der Waals surface area contributed by atoms with E-state index in [1.165, 1.54) is 6.07 Å². The minimum Gasteiger partial charge on any atom is -0.477 e. The van der Waals surface area contributed by atoms with Crippen LogP contribution in [-0.2, 0) is 0 Å². The number of hydrogen-bond acceptors (Lipinski definition) is 3. The van der Waals surface area contributed by atoms with Gasteiger partial charge in [-0.2, -0.15) is 0 Å². The Kier molecular flexibility index (Phi) is 2.46. The lowest BCUT2D eigenvalue weighted by Crippen LogP contribution is -1.89. The first-order valence-electron chi connectivity index (χ1n) is 4.03. The van der Waals surface area contributed by atoms with E-state index in [1.807, 2.05) is 0 Å². The molecule has 2 rings (SSSR count). The molecular formula is C10H5ClO3S. The van der Waals surface area contributed by atoms with E-state index in [0.29, 0.717) is 16.9 Å². The highest BCUT2D eigenvalue weighted by Crippen LogP contribution is 2.30. The maximum Gasteiger partial charge on any atom is 0.345 e. The standard InChI is InChI=1S/C10H5ClO3S/c11-7-3-8-5(1-6(7)4-12)2-9(15-8)10(13)14/h1-4H,(H,13,14). The van der Waals surface area contributed by atoms with Gasteiger partial charge in [0.25, 0.3) is 0 Å². The Morgan fingerprint density at radius 1 is 1.40 bits per heavy atom. The highest BCUT2D eigenvalue weighted by Gasteiger charge is 2.10. The quantitative estimate of drug-likeness (QED) is 0.821. The fraction of sp³-hybridized carbons (Fsp3) is 0. The van der Waals surface area contributed by atoms with Crippen LogP contribution in [-0.4, -0.2) is 17.4 Å². The van der Waals surface area contributed by atoms with Crippen LogP contribution in [0.2, 0.25) is 5.02 Å². The summed E-state index contributed by atoms with van der Waals surface area (Å²) < 4.78 is 0.767. The molecule has 0 aliphatic carbocycles. The predicted octanol–water partition coefficient (Wildman–Crippen LogP) is 3.07. The summed E-state index contributed by atoms with van der Waals surface area (Å²) in [6.45, 7) is 0. The second kappa shape index (κ2) is 3.64. The van der Waals surface area contributed by atoms with Crippen molar-refractivity contribution in [2.75, 3.05) is 0 Å². The SMILES string of the molecule is O=Cc1cc2cc(C(=O)O)sc2cc1Cl. The van der Waals surface area contributed by atoms with Crippen molar-refractivity contribution in [2.24, 2.45) is 0 Å². The Morgan fingerprint density at radius 2 is 2.13 bits per heavy atom. The molecule has 0 fully saturated rings. The van der Waals surface area contributed by atoms with Gasteiger partial charge in [0, 0.05) is 10.3 Å². The number of halogens is 1. The van der Waals surface area contributed by atoms with Crippen molar-refractivity contribution in [3.05, 3.63) is 33.7 Å². The number of benzene rings is 1. The lowest BCUT2D eigenvalue weighted by atomic mass is 10.2. The maximum atomic E-state index is 10.7. The molecule has 1 N–H and O–H groups in total. The topological polar surface area (TPSA) is 54.4 Å². The Labute approximate surface area is 93.9 Å². The monoisotopic (exact) mass is 240 g/mol. The molecular weight excluding hydrogens is 236 g/mol. The summed E-state index contributed by atoms with van der Waals surface area (Å²) in [7, 11) is 0. The molecule has 0 atom stereocenters. The molecule has 15 heavy (non-hydrogen) atoms. The zero-order valence-corrected chi connectivity index (χ0v) is 8.93. The molecule has 2 aromatic rings. The van der Waals surface area contributed by atoms with Crippen LogP contribution in [0.4, 0.5) is 0 Å². The molecule has 0 aliphatic rings. The number of aromatic carboxylic acids is 1. The van der Waals surface area contributed by atoms with Gasteiger partial charge in [0.2, 0.25) is 0 Å². The first-order valence-corrected chi connectivity index (χ1v) is 5.23. The fourth-order valence-electron chi connectivity index (χ4n) is 1.28. The van der Waals surface area contributed by atoms with Crippen LogP contribution in [0.15, 0.2) is 18.2 Å². The number of carboxylic acids is 1. The van der Waals surface area contributed by atoms with Crippen LogP contribution in [0.1, 0.15) is 20.0 Å². The Morgan fingerprint density at radius 3 is 2.73 bits per heavy atom. The van der Waals surface area contributed by atoms with E-state index < -0.39 is 5.97 Å². The zero-order valence-electron chi connectivity index (χ0n) is 7.36. The smallest absolute Gasteiger partial charge is 0.345 e. The van der Waals surface area contributed by atoms with Gasteiger partial charge in [0.05, 0.1) is 5.02 Å². The van der Waals surface area contributed by atoms with Crippen LogP contribution in [0.5, 0.6) is 0 Å². The van der Waals surface area contributed by atoms with Gasteiger partial charge in [-0.05, 0) is 23.6 Å². The van der Waals surface area contributed by atoms with Crippen molar-refractivity contribution in [1.82, 2.24) is 0 Å². The summed E-state index contributed by atoms with van der Waals surface area (Å²) in [6, 6.07) is 4.73. The van der Waals surface area contributed by atoms with E-state index in [4.69, 9.17) is 16.7 Å². The van der Waals surface area contributed by atoms with Gasteiger partial charge in [0.1, 0.15) is 4.88 Å². The molecule has 0 unspecified atom stereocenters. The average Bonchev–Trinajstić information content (AvgIpc) is 2.59. The number of aldehydes is 1. The third-order valence-corrected chi connectivity index (χ3v) is 3.39. The molecule has 0 saturated heterocycles. The molecule has 0 saturated carbocycles. The minimum atomic E-state index is -0.972. The van der Waals surface area contributed by atoms with E-state index in [-0.39, 0.29) is 4.88 Å². The summed E-state index contributed by atoms with van der Waals surface area (Å²) in [5, 5.41) is 9.86. The van der Waals surface area contributed by atoms with Gasteiger partial charge in [-0.1, -0.05) is 11.6 Å². The minimum absolute atomic E-state index is 0.240. The number of fused-ring (bicyclic) bond motifs is 1. The van der Waals surface area contributed by atoms with Crippen LogP contribution in [0.3, 0.4) is 0 Å². The normalized spacial score (nSPS) is 10.5. The van der Waals surface area contributed by atoms with Crippen LogP contribution < -0.4 is 0 Å². The van der Waals surface area contributed by atoms with Crippen LogP contribution in [0, 0.1) is 0 Å². The fourth-order valence-corrected chi connectivity index (χ4v) is 2.47. The molecule has 3 nitrogen and oxygen atoms in total. The second-order valence-electron chi connectivity index (χ2n) is 2.95. The Balaban J connectivity index is 2.71. The molecule has 0 spiro atoms. The first-order chi connectivity index (χ1) is 7.11. The van der Waals surface area contributed by atoms with Gasteiger partial charge in [-0.25, -0.2) is 4.79 Å². The number of carbonyl (C=O) groups is 2. The van der Waals surface area contributed by atoms with Crippen molar-refractivity contribution in [3.63, 3.8) is 0 Å². The number of carbonyl (C=O) groups excluding carboxylic acids is 1. The molecule has 1 aromatic carbocycles. The van der Waals surface area contributed by atoms with Crippen molar-refractivity contribution in [2.45, 2.75) is 0 Å². The van der Waals surface area contributed by atoms with Gasteiger partial charge in [-0.3, -0.25) is 4.79 Å². The molecule has 0 bridgehead atoms. The summed E-state index contributed by atoms with van der Waals surface area (Å²) >= 11 is 6.96. The van der Waals surface area contributed by atoms with E-state index in [1.54, 1.807) is 12.1 Å². The zero-order chi connectivity index (χ0) is 11.0. The van der Waals surface area contributed by atoms with Crippen LogP contribution in [0.25, 0.3) is 10.1 Å². The Hall–Kier alpha value is -1.39. The van der Waals surface area contributed by atoms with Gasteiger partial charge in [0.15, 0.2) is 6.29 Å². The molecule has 0 amide bonds. The summed E-state index contributed by atoms with van der Waals surface area (Å²) in [6.07, 6.45) is 0.653. The maximum absolute atomic E-state index is 10.7. The van der Waals surface area contributed by atoms with Crippen molar-refractivity contribution in [3.8, 4) is 0 Å². The van der Waals surface area contributed by atoms with E-state index in [2.05, 4.69) is 0 Å². The number of thiophene rings is 1. The number of hydrogen-bond donors (Lipinski definition) is 1. The first kappa shape index (κ1) is 10.1. The summed E-state index contributed by atoms with van der Waals surface area (Å²) in [5.41, 5.74) is 0.374. The molecule has 1 heterocycles. The van der Waals surface area contributed by atoms with Gasteiger partial charge in [-0.15, -0.1) is 11.3 Å². The lowest BCUT2D eigenvalue weighted by Gasteiger charge is -1.94. The highest BCUT2D eigenvalue weighted by atomic mass is 35.5. The average molecular weight is 241 g/mol. The molecule has 5 heteroatoms. The molecule has 0 radical (unpaired) electrons. The Bertz CT molecular complexity index is 559. The molecule has 76 valence electrons. The molecule has 1 aromatic heterocycles. The van der Waals surface area contributed by atoms with Crippen molar-refractivity contribution < 1.29 is 14.7 Å². The largest absolute Gasteiger partial charge is 0.477 e. The number of carboxylic acid groups (broad SMARTS) is 1. The van der Waals surface area contributed by atoms with Gasteiger partial charge >= 0.3 is 5.97 Å². The summed E-state index contributed by atoms with van der Waals surface area (Å²) in [4.78, 5) is 21.6. The third-order valence-electron chi connectivity index (χ3n) is 1.97. The van der Waals surface area contributed by atoms with E-state index >= 15 is 0 Å².